The number of carbonyl (C=O) groups is 1. The number of fused-ring (bicyclic) bond motifs is 2. The molecule has 0 aromatic heterocycles. The monoisotopic (exact) mass is 164 g/mol. The second-order valence-corrected chi connectivity index (χ2v) is 4.11. The third-order valence-corrected chi connectivity index (χ3v) is 3.47. The molecule has 2 bridgehead atoms. The van der Waals surface area contributed by atoms with Gasteiger partial charge in [0.05, 0.1) is 0 Å². The van der Waals surface area contributed by atoms with Crippen LogP contribution < -0.4 is 0 Å². The summed E-state index contributed by atoms with van der Waals surface area (Å²) in [5.74, 6) is 2.33. The van der Waals surface area contributed by atoms with Crippen LogP contribution in [0.3, 0.4) is 0 Å². The fourth-order valence-corrected chi connectivity index (χ4v) is 2.90. The van der Waals surface area contributed by atoms with Crippen LogP contribution >= 0.6 is 0 Å². The predicted molar refractivity (Wildman–Crippen MR) is 48.7 cm³/mol. The number of aldehydes is 1. The normalized spacial score (nSPS) is 43.8. The minimum Gasteiger partial charge on any atom is -0.303 e. The first-order chi connectivity index (χ1) is 5.86. The summed E-state index contributed by atoms with van der Waals surface area (Å²) in [6.45, 7) is 2.21. The van der Waals surface area contributed by atoms with Gasteiger partial charge < -0.3 is 4.79 Å². The number of carbonyl (C=O) groups excluding carboxylic acids is 1. The van der Waals surface area contributed by atoms with Gasteiger partial charge in [0.25, 0.3) is 0 Å². The van der Waals surface area contributed by atoms with Crippen molar-refractivity contribution in [3.8, 4) is 0 Å². The van der Waals surface area contributed by atoms with E-state index in [4.69, 9.17) is 0 Å². The second kappa shape index (κ2) is 3.04. The van der Waals surface area contributed by atoms with Crippen LogP contribution in [0.2, 0.25) is 0 Å². The highest BCUT2D eigenvalue weighted by atomic mass is 16.1. The maximum atomic E-state index is 10.8. The molecule has 4 atom stereocenters. The Morgan fingerprint density at radius 2 is 2.17 bits per heavy atom. The minimum atomic E-state index is 0.347. The molecule has 66 valence electrons. The fraction of sp³-hybridized carbons (Fsp3) is 0.727. The predicted octanol–water partition coefficient (Wildman–Crippen LogP) is 2.42. The molecule has 0 amide bonds. The minimum absolute atomic E-state index is 0.347. The number of rotatable bonds is 3. The van der Waals surface area contributed by atoms with E-state index in [9.17, 15) is 4.79 Å². The van der Waals surface area contributed by atoms with Crippen LogP contribution in [-0.4, -0.2) is 6.29 Å². The zero-order valence-electron chi connectivity index (χ0n) is 7.57. The first-order valence-corrected chi connectivity index (χ1v) is 5.00. The number of hydrogen-bond acceptors (Lipinski definition) is 1. The second-order valence-electron chi connectivity index (χ2n) is 4.11. The Balaban J connectivity index is 2.11. The Morgan fingerprint density at radius 1 is 1.42 bits per heavy atom. The van der Waals surface area contributed by atoms with Crippen molar-refractivity contribution in [1.29, 1.82) is 0 Å². The standard InChI is InChI=1S/C11H16O/c1-2-3-10-8-4-5-9(6-8)11(10)7-12/h4-5,7-11H,2-3,6H2,1H3/t8-,9+,10+,11-/m0/s1. The lowest BCUT2D eigenvalue weighted by Crippen LogP contribution is -2.20. The molecular weight excluding hydrogens is 148 g/mol. The first-order valence-electron chi connectivity index (χ1n) is 5.00. The molecule has 1 fully saturated rings. The molecule has 0 heterocycles. The molecule has 0 aliphatic heterocycles. The molecule has 0 unspecified atom stereocenters. The Hall–Kier alpha value is -0.590. The molecule has 1 nitrogen and oxygen atoms in total. The van der Waals surface area contributed by atoms with Crippen molar-refractivity contribution in [3.63, 3.8) is 0 Å². The fourth-order valence-electron chi connectivity index (χ4n) is 2.90. The lowest BCUT2D eigenvalue weighted by atomic mass is 9.81. The average Bonchev–Trinajstić information content (AvgIpc) is 2.64. The summed E-state index contributed by atoms with van der Waals surface area (Å²) >= 11 is 0. The molecule has 0 saturated heterocycles. The van der Waals surface area contributed by atoms with Crippen molar-refractivity contribution in [2.45, 2.75) is 26.2 Å². The van der Waals surface area contributed by atoms with Crippen LogP contribution in [0.1, 0.15) is 26.2 Å². The zero-order valence-corrected chi connectivity index (χ0v) is 7.57. The Bertz CT molecular complexity index is 207. The number of hydrogen-bond donors (Lipinski definition) is 0. The molecule has 2 rings (SSSR count). The van der Waals surface area contributed by atoms with Crippen LogP contribution in [-0.2, 0) is 4.79 Å². The van der Waals surface area contributed by atoms with E-state index in [0.29, 0.717) is 17.8 Å². The molecule has 12 heavy (non-hydrogen) atoms. The van der Waals surface area contributed by atoms with E-state index >= 15 is 0 Å². The molecule has 0 aromatic rings. The smallest absolute Gasteiger partial charge is 0.123 e. The van der Waals surface area contributed by atoms with Crippen molar-refractivity contribution in [1.82, 2.24) is 0 Å². The van der Waals surface area contributed by atoms with Crippen molar-refractivity contribution in [2.75, 3.05) is 0 Å². The summed E-state index contributed by atoms with van der Waals surface area (Å²) in [4.78, 5) is 10.8. The van der Waals surface area contributed by atoms with Crippen LogP contribution in [0, 0.1) is 23.7 Å². The van der Waals surface area contributed by atoms with Gasteiger partial charge in [0.1, 0.15) is 6.29 Å². The molecule has 2 aliphatic carbocycles. The highest BCUT2D eigenvalue weighted by Crippen LogP contribution is 2.48. The van der Waals surface area contributed by atoms with Gasteiger partial charge in [-0.2, -0.15) is 0 Å². The lowest BCUT2D eigenvalue weighted by Gasteiger charge is -2.22. The highest BCUT2D eigenvalue weighted by molar-refractivity contribution is 5.57. The van der Waals surface area contributed by atoms with Crippen LogP contribution in [0.25, 0.3) is 0 Å². The first kappa shape index (κ1) is 8.03. The molecular formula is C11H16O. The molecule has 0 N–H and O–H groups in total. The van der Waals surface area contributed by atoms with Crippen LogP contribution in [0.15, 0.2) is 12.2 Å². The van der Waals surface area contributed by atoms with E-state index in [1.54, 1.807) is 0 Å². The van der Waals surface area contributed by atoms with E-state index in [1.807, 2.05) is 0 Å². The van der Waals surface area contributed by atoms with E-state index < -0.39 is 0 Å². The van der Waals surface area contributed by atoms with E-state index in [-0.39, 0.29) is 0 Å². The SMILES string of the molecule is CCC[C@H]1[C@@H](C=O)[C@@H]2C=C[C@H]1C2. The molecule has 0 radical (unpaired) electrons. The summed E-state index contributed by atoms with van der Waals surface area (Å²) in [5, 5.41) is 0. The van der Waals surface area contributed by atoms with Gasteiger partial charge in [-0.3, -0.25) is 0 Å². The molecule has 0 spiro atoms. The maximum Gasteiger partial charge on any atom is 0.123 e. The topological polar surface area (TPSA) is 17.1 Å². The summed E-state index contributed by atoms with van der Waals surface area (Å²) in [6.07, 6.45) is 9.45. The van der Waals surface area contributed by atoms with Gasteiger partial charge >= 0.3 is 0 Å². The summed E-state index contributed by atoms with van der Waals surface area (Å²) in [7, 11) is 0. The lowest BCUT2D eigenvalue weighted by molar-refractivity contribution is -0.113. The van der Waals surface area contributed by atoms with Gasteiger partial charge in [0.2, 0.25) is 0 Å². The third-order valence-electron chi connectivity index (χ3n) is 3.47. The Labute approximate surface area is 73.8 Å². The van der Waals surface area contributed by atoms with Gasteiger partial charge in [-0.25, -0.2) is 0 Å². The van der Waals surface area contributed by atoms with Gasteiger partial charge in [0.15, 0.2) is 0 Å². The highest BCUT2D eigenvalue weighted by Gasteiger charge is 2.43. The van der Waals surface area contributed by atoms with Crippen molar-refractivity contribution in [2.24, 2.45) is 23.7 Å². The third kappa shape index (κ3) is 1.03. The Morgan fingerprint density at radius 3 is 2.83 bits per heavy atom. The number of allylic oxidation sites excluding steroid dienone is 2. The quantitative estimate of drug-likeness (QED) is 0.462. The van der Waals surface area contributed by atoms with Crippen LogP contribution in [0.5, 0.6) is 0 Å². The van der Waals surface area contributed by atoms with Crippen molar-refractivity contribution < 1.29 is 4.79 Å². The largest absolute Gasteiger partial charge is 0.303 e. The molecule has 2 aliphatic rings. The van der Waals surface area contributed by atoms with E-state index in [0.717, 1.165) is 5.92 Å². The van der Waals surface area contributed by atoms with Gasteiger partial charge in [-0.05, 0) is 30.6 Å². The molecule has 1 saturated carbocycles. The average molecular weight is 164 g/mol. The van der Waals surface area contributed by atoms with Crippen molar-refractivity contribution in [3.05, 3.63) is 12.2 Å². The molecule has 1 heteroatoms. The van der Waals surface area contributed by atoms with Crippen molar-refractivity contribution >= 4 is 6.29 Å². The van der Waals surface area contributed by atoms with Gasteiger partial charge in [-0.15, -0.1) is 0 Å². The van der Waals surface area contributed by atoms with Gasteiger partial charge in [-0.1, -0.05) is 25.5 Å². The van der Waals surface area contributed by atoms with Crippen LogP contribution in [0.4, 0.5) is 0 Å². The van der Waals surface area contributed by atoms with E-state index in [1.165, 1.54) is 25.5 Å². The molecule has 0 aromatic carbocycles. The van der Waals surface area contributed by atoms with Gasteiger partial charge in [0, 0.05) is 5.92 Å². The summed E-state index contributed by atoms with van der Waals surface area (Å²) < 4.78 is 0. The summed E-state index contributed by atoms with van der Waals surface area (Å²) in [5.41, 5.74) is 0. The van der Waals surface area contributed by atoms with E-state index in [2.05, 4.69) is 19.1 Å². The summed E-state index contributed by atoms with van der Waals surface area (Å²) in [6, 6.07) is 0. The zero-order chi connectivity index (χ0) is 8.55. The maximum absolute atomic E-state index is 10.8. The Kier molecular flexibility index (Phi) is 2.03.